The SMILES string of the molecule is CN1c2ccccc2N(CCNS(=O)(=O)c2ccccc2C#N)S1(=O)=O. The molecular formula is C16H16N4O4S2. The fraction of sp³-hybridized carbons (Fsp3) is 0.188. The minimum absolute atomic E-state index is 0.0267. The van der Waals surface area contributed by atoms with Gasteiger partial charge in [-0.25, -0.2) is 17.4 Å². The summed E-state index contributed by atoms with van der Waals surface area (Å²) in [5.41, 5.74) is 1.05. The van der Waals surface area contributed by atoms with Gasteiger partial charge < -0.3 is 0 Å². The van der Waals surface area contributed by atoms with Gasteiger partial charge in [0, 0.05) is 20.1 Å². The number of nitriles is 1. The predicted molar refractivity (Wildman–Crippen MR) is 97.5 cm³/mol. The van der Waals surface area contributed by atoms with Gasteiger partial charge in [-0.1, -0.05) is 24.3 Å². The molecule has 136 valence electrons. The third-order valence-electron chi connectivity index (χ3n) is 4.02. The molecule has 0 aromatic heterocycles. The number of sulfonamides is 1. The topological polar surface area (TPSA) is 111 Å². The van der Waals surface area contributed by atoms with Crippen LogP contribution in [0.25, 0.3) is 0 Å². The van der Waals surface area contributed by atoms with Gasteiger partial charge in [0.25, 0.3) is 0 Å². The second-order valence-corrected chi connectivity index (χ2v) is 9.16. The van der Waals surface area contributed by atoms with Crippen molar-refractivity contribution in [3.8, 4) is 6.07 Å². The van der Waals surface area contributed by atoms with Gasteiger partial charge in [-0.15, -0.1) is 0 Å². The second kappa shape index (κ2) is 6.60. The van der Waals surface area contributed by atoms with Gasteiger partial charge in [-0.2, -0.15) is 13.7 Å². The van der Waals surface area contributed by atoms with Crippen molar-refractivity contribution in [2.24, 2.45) is 0 Å². The van der Waals surface area contributed by atoms with Crippen LogP contribution >= 0.6 is 0 Å². The van der Waals surface area contributed by atoms with Crippen LogP contribution in [0.5, 0.6) is 0 Å². The van der Waals surface area contributed by atoms with E-state index in [2.05, 4.69) is 4.72 Å². The minimum atomic E-state index is -3.93. The summed E-state index contributed by atoms with van der Waals surface area (Å²) in [6.07, 6.45) is 0. The van der Waals surface area contributed by atoms with Crippen LogP contribution in [-0.4, -0.2) is 37.0 Å². The third kappa shape index (κ3) is 3.01. The van der Waals surface area contributed by atoms with Gasteiger partial charge >= 0.3 is 10.2 Å². The van der Waals surface area contributed by atoms with E-state index in [1.165, 1.54) is 25.2 Å². The molecule has 0 spiro atoms. The number of rotatable bonds is 5. The summed E-state index contributed by atoms with van der Waals surface area (Å²) >= 11 is 0. The number of fused-ring (bicyclic) bond motifs is 1. The Bertz CT molecular complexity index is 1090. The molecule has 0 saturated carbocycles. The molecule has 26 heavy (non-hydrogen) atoms. The minimum Gasteiger partial charge on any atom is -0.254 e. The van der Waals surface area contributed by atoms with Crippen molar-refractivity contribution in [1.82, 2.24) is 4.72 Å². The van der Waals surface area contributed by atoms with Crippen molar-refractivity contribution in [2.75, 3.05) is 28.7 Å². The van der Waals surface area contributed by atoms with Crippen molar-refractivity contribution >= 4 is 31.6 Å². The number of para-hydroxylation sites is 2. The maximum Gasteiger partial charge on any atom is 0.326 e. The Morgan fingerprint density at radius 2 is 1.69 bits per heavy atom. The van der Waals surface area contributed by atoms with Crippen molar-refractivity contribution in [2.45, 2.75) is 4.90 Å². The van der Waals surface area contributed by atoms with Crippen molar-refractivity contribution < 1.29 is 16.8 Å². The van der Waals surface area contributed by atoms with Crippen molar-refractivity contribution in [1.29, 1.82) is 5.26 Å². The Hall–Kier alpha value is -2.61. The van der Waals surface area contributed by atoms with E-state index in [-0.39, 0.29) is 23.5 Å². The van der Waals surface area contributed by atoms with Gasteiger partial charge in [0.05, 0.1) is 21.8 Å². The summed E-state index contributed by atoms with van der Waals surface area (Å²) in [5.74, 6) is 0. The molecule has 0 amide bonds. The van der Waals surface area contributed by atoms with Gasteiger partial charge in [0.2, 0.25) is 10.0 Å². The highest BCUT2D eigenvalue weighted by molar-refractivity contribution is 7.94. The summed E-state index contributed by atoms with van der Waals surface area (Å²) in [4.78, 5) is -0.135. The molecular weight excluding hydrogens is 376 g/mol. The standard InChI is InChI=1S/C16H16N4O4S2/c1-19-14-7-3-4-8-15(14)20(26(19,23)24)11-10-18-25(21,22)16-9-5-2-6-13(16)12-17/h2-9,18H,10-11H2,1H3. The van der Waals surface area contributed by atoms with Gasteiger partial charge in [0.15, 0.2) is 0 Å². The van der Waals surface area contributed by atoms with Crippen LogP contribution in [0.4, 0.5) is 11.4 Å². The van der Waals surface area contributed by atoms with Crippen LogP contribution in [0.15, 0.2) is 53.4 Å². The zero-order valence-corrected chi connectivity index (χ0v) is 15.5. The van der Waals surface area contributed by atoms with E-state index in [0.29, 0.717) is 11.4 Å². The highest BCUT2D eigenvalue weighted by Crippen LogP contribution is 2.39. The van der Waals surface area contributed by atoms with Gasteiger partial charge in [0.1, 0.15) is 6.07 Å². The molecule has 1 aliphatic heterocycles. The molecule has 0 saturated heterocycles. The molecule has 0 aliphatic carbocycles. The molecule has 0 fully saturated rings. The molecule has 0 radical (unpaired) electrons. The lowest BCUT2D eigenvalue weighted by molar-refractivity contribution is 0.577. The summed E-state index contributed by atoms with van der Waals surface area (Å²) in [6.45, 7) is -0.207. The largest absolute Gasteiger partial charge is 0.326 e. The first-order valence-corrected chi connectivity index (χ1v) is 10.5. The Balaban J connectivity index is 1.79. The molecule has 0 bridgehead atoms. The first kappa shape index (κ1) is 18.2. The van der Waals surface area contributed by atoms with Gasteiger partial charge in [-0.3, -0.25) is 4.31 Å². The van der Waals surface area contributed by atoms with E-state index in [9.17, 15) is 16.8 Å². The van der Waals surface area contributed by atoms with Crippen LogP contribution in [0.2, 0.25) is 0 Å². The van der Waals surface area contributed by atoms with E-state index in [0.717, 1.165) is 8.61 Å². The second-order valence-electron chi connectivity index (χ2n) is 5.54. The van der Waals surface area contributed by atoms with Crippen LogP contribution in [0, 0.1) is 11.3 Å². The molecule has 1 heterocycles. The van der Waals surface area contributed by atoms with Crippen molar-refractivity contribution in [3.63, 3.8) is 0 Å². The molecule has 3 rings (SSSR count). The summed E-state index contributed by atoms with van der Waals surface area (Å²) in [6, 6.07) is 14.5. The lowest BCUT2D eigenvalue weighted by Gasteiger charge is -2.19. The number of anilines is 2. The highest BCUT2D eigenvalue weighted by atomic mass is 32.2. The number of hydrogen-bond acceptors (Lipinski definition) is 5. The zero-order chi connectivity index (χ0) is 18.9. The molecule has 0 unspecified atom stereocenters. The highest BCUT2D eigenvalue weighted by Gasteiger charge is 2.37. The first-order valence-electron chi connectivity index (χ1n) is 7.63. The predicted octanol–water partition coefficient (Wildman–Crippen LogP) is 1.04. The molecule has 10 heteroatoms. The number of nitrogens with one attached hydrogen (secondary N) is 1. The summed E-state index contributed by atoms with van der Waals surface area (Å²) < 4.78 is 54.5. The third-order valence-corrected chi connectivity index (χ3v) is 7.36. The van der Waals surface area contributed by atoms with E-state index in [1.807, 2.05) is 6.07 Å². The normalized spacial score (nSPS) is 15.5. The molecule has 1 N–H and O–H groups in total. The Labute approximate surface area is 152 Å². The molecule has 1 aliphatic rings. The first-order chi connectivity index (χ1) is 12.3. The average Bonchev–Trinajstić information content (AvgIpc) is 2.82. The maximum absolute atomic E-state index is 12.5. The van der Waals surface area contributed by atoms with E-state index in [1.54, 1.807) is 30.3 Å². The smallest absolute Gasteiger partial charge is 0.254 e. The lowest BCUT2D eigenvalue weighted by Crippen LogP contribution is -2.40. The molecule has 8 nitrogen and oxygen atoms in total. The summed E-state index contributed by atoms with van der Waals surface area (Å²) in [5, 5.41) is 9.05. The van der Waals surface area contributed by atoms with Gasteiger partial charge in [-0.05, 0) is 24.3 Å². The number of nitrogens with zero attached hydrogens (tertiary/aromatic N) is 3. The maximum atomic E-state index is 12.5. The molecule has 0 atom stereocenters. The average molecular weight is 392 g/mol. The van der Waals surface area contributed by atoms with Crippen molar-refractivity contribution in [3.05, 3.63) is 54.1 Å². The van der Waals surface area contributed by atoms with E-state index >= 15 is 0 Å². The Kier molecular flexibility index (Phi) is 4.62. The molecule has 2 aromatic carbocycles. The zero-order valence-electron chi connectivity index (χ0n) is 13.8. The quantitative estimate of drug-likeness (QED) is 0.817. The van der Waals surface area contributed by atoms with Crippen LogP contribution in [0.1, 0.15) is 5.56 Å². The van der Waals surface area contributed by atoms with Crippen LogP contribution in [-0.2, 0) is 20.2 Å². The number of benzene rings is 2. The number of hydrogen-bond donors (Lipinski definition) is 1. The summed E-state index contributed by atoms with van der Waals surface area (Å²) in [7, 11) is -6.23. The molecule has 2 aromatic rings. The Morgan fingerprint density at radius 1 is 1.08 bits per heavy atom. The van der Waals surface area contributed by atoms with E-state index in [4.69, 9.17) is 5.26 Å². The van der Waals surface area contributed by atoms with Crippen LogP contribution < -0.4 is 13.3 Å². The fourth-order valence-corrected chi connectivity index (χ4v) is 5.33. The fourth-order valence-electron chi connectivity index (χ4n) is 2.73. The Morgan fingerprint density at radius 3 is 2.38 bits per heavy atom. The van der Waals surface area contributed by atoms with E-state index < -0.39 is 20.2 Å². The van der Waals surface area contributed by atoms with Crippen LogP contribution in [0.3, 0.4) is 0 Å². The lowest BCUT2D eigenvalue weighted by atomic mass is 10.2. The monoisotopic (exact) mass is 392 g/mol.